The second kappa shape index (κ2) is 8.89. The number of nitrogens with one attached hydrogen (secondary N) is 1. The molecule has 0 spiro atoms. The monoisotopic (exact) mass is 425 g/mol. The number of nitrogens with zero attached hydrogens (tertiary/aromatic N) is 2. The van der Waals surface area contributed by atoms with Gasteiger partial charge in [0.25, 0.3) is 0 Å². The highest BCUT2D eigenvalue weighted by molar-refractivity contribution is 6.10. The van der Waals surface area contributed by atoms with Crippen LogP contribution in [0.3, 0.4) is 0 Å². The molecule has 1 fully saturated rings. The van der Waals surface area contributed by atoms with Crippen LogP contribution in [-0.4, -0.2) is 49.0 Å². The number of para-hydroxylation sites is 3. The molecule has 32 heavy (non-hydrogen) atoms. The Bertz CT molecular complexity index is 1210. The van der Waals surface area contributed by atoms with Crippen molar-refractivity contribution >= 4 is 22.4 Å². The molecule has 1 N–H and O–H groups in total. The summed E-state index contributed by atoms with van der Waals surface area (Å²) in [6, 6.07) is 25.9. The SMILES string of the molecule is COc1ccccc1N1CCN([C@H](C(=O)c2c[nH]c3ccccc23)c2ccccc2)CC1. The number of methoxy groups -OCH3 is 1. The topological polar surface area (TPSA) is 48.6 Å². The van der Waals surface area contributed by atoms with Crippen molar-refractivity contribution in [1.82, 2.24) is 9.88 Å². The highest BCUT2D eigenvalue weighted by Crippen LogP contribution is 2.32. The molecule has 1 aliphatic heterocycles. The van der Waals surface area contributed by atoms with E-state index in [0.29, 0.717) is 0 Å². The predicted molar refractivity (Wildman–Crippen MR) is 129 cm³/mol. The summed E-state index contributed by atoms with van der Waals surface area (Å²) in [5.74, 6) is 1.02. The van der Waals surface area contributed by atoms with Gasteiger partial charge in [0, 0.05) is 48.8 Å². The van der Waals surface area contributed by atoms with E-state index in [0.717, 1.165) is 59.6 Å². The Balaban J connectivity index is 1.43. The number of benzene rings is 3. The van der Waals surface area contributed by atoms with Gasteiger partial charge in [0.15, 0.2) is 5.78 Å². The van der Waals surface area contributed by atoms with E-state index in [4.69, 9.17) is 4.74 Å². The lowest BCUT2D eigenvalue weighted by atomic mass is 9.95. The summed E-state index contributed by atoms with van der Waals surface area (Å²) in [5, 5.41) is 0.978. The first kappa shape index (κ1) is 20.3. The first-order valence-corrected chi connectivity index (χ1v) is 11.0. The predicted octanol–water partition coefficient (Wildman–Crippen LogP) is 4.92. The third-order valence-electron chi connectivity index (χ3n) is 6.32. The third-order valence-corrected chi connectivity index (χ3v) is 6.32. The number of fused-ring (bicyclic) bond motifs is 1. The summed E-state index contributed by atoms with van der Waals surface area (Å²) in [7, 11) is 1.71. The molecule has 0 amide bonds. The number of rotatable bonds is 6. The van der Waals surface area contributed by atoms with Crippen LogP contribution in [0.5, 0.6) is 5.75 Å². The number of ether oxygens (including phenoxy) is 1. The fourth-order valence-electron chi connectivity index (χ4n) is 4.70. The third kappa shape index (κ3) is 3.76. The minimum absolute atomic E-state index is 0.138. The number of aromatic nitrogens is 1. The summed E-state index contributed by atoms with van der Waals surface area (Å²) in [5.41, 5.74) is 3.88. The molecule has 5 rings (SSSR count). The molecule has 0 saturated carbocycles. The molecule has 0 bridgehead atoms. The fourth-order valence-corrected chi connectivity index (χ4v) is 4.70. The van der Waals surface area contributed by atoms with Crippen LogP contribution in [0.15, 0.2) is 85.1 Å². The lowest BCUT2D eigenvalue weighted by Gasteiger charge is -2.40. The van der Waals surface area contributed by atoms with Crippen molar-refractivity contribution in [3.05, 3.63) is 96.2 Å². The number of Topliss-reactive ketones (excluding diaryl/α,β-unsaturated/α-hetero) is 1. The van der Waals surface area contributed by atoms with Gasteiger partial charge in [-0.2, -0.15) is 0 Å². The highest BCUT2D eigenvalue weighted by atomic mass is 16.5. The number of carbonyl (C=O) groups is 1. The van der Waals surface area contributed by atoms with Gasteiger partial charge in [0.2, 0.25) is 0 Å². The van der Waals surface area contributed by atoms with Gasteiger partial charge in [-0.05, 0) is 23.8 Å². The van der Waals surface area contributed by atoms with Gasteiger partial charge in [-0.15, -0.1) is 0 Å². The lowest BCUT2D eigenvalue weighted by molar-refractivity contribution is 0.0808. The van der Waals surface area contributed by atoms with Gasteiger partial charge < -0.3 is 14.6 Å². The Morgan fingerprint density at radius 3 is 2.34 bits per heavy atom. The number of aromatic amines is 1. The molecule has 162 valence electrons. The summed E-state index contributed by atoms with van der Waals surface area (Å²) < 4.78 is 5.56. The Morgan fingerprint density at radius 2 is 1.56 bits per heavy atom. The zero-order valence-electron chi connectivity index (χ0n) is 18.2. The maximum absolute atomic E-state index is 13.9. The number of hydrogen-bond donors (Lipinski definition) is 1. The van der Waals surface area contributed by atoms with Crippen LogP contribution in [-0.2, 0) is 0 Å². The van der Waals surface area contributed by atoms with Crippen LogP contribution >= 0.6 is 0 Å². The number of H-pyrrole nitrogens is 1. The Hall–Kier alpha value is -3.57. The van der Waals surface area contributed by atoms with Crippen molar-refractivity contribution in [2.45, 2.75) is 6.04 Å². The van der Waals surface area contributed by atoms with Crippen LogP contribution in [0, 0.1) is 0 Å². The van der Waals surface area contributed by atoms with E-state index in [-0.39, 0.29) is 11.8 Å². The molecule has 1 atom stereocenters. The molecule has 4 aromatic rings. The van der Waals surface area contributed by atoms with E-state index in [9.17, 15) is 4.79 Å². The summed E-state index contributed by atoms with van der Waals surface area (Å²) >= 11 is 0. The molecule has 3 aromatic carbocycles. The van der Waals surface area contributed by atoms with Crippen LogP contribution < -0.4 is 9.64 Å². The maximum Gasteiger partial charge on any atom is 0.186 e. The Labute approximate surface area is 188 Å². The molecule has 0 radical (unpaired) electrons. The molecule has 1 aliphatic rings. The first-order chi connectivity index (χ1) is 15.8. The quantitative estimate of drug-likeness (QED) is 0.446. The number of piperazine rings is 1. The standard InChI is InChI=1S/C27H27N3O2/c1-32-25-14-8-7-13-24(25)29-15-17-30(18-16-29)26(20-9-3-2-4-10-20)27(31)22-19-28-23-12-6-5-11-21(22)23/h2-14,19,26,28H,15-18H2,1H3/t26-/m0/s1. The molecule has 0 unspecified atom stereocenters. The van der Waals surface area contributed by atoms with Gasteiger partial charge >= 0.3 is 0 Å². The molecule has 5 nitrogen and oxygen atoms in total. The molecule has 2 heterocycles. The van der Waals surface area contributed by atoms with Crippen molar-refractivity contribution < 1.29 is 9.53 Å². The fraction of sp³-hybridized carbons (Fsp3) is 0.222. The zero-order valence-corrected chi connectivity index (χ0v) is 18.2. The van der Waals surface area contributed by atoms with Gasteiger partial charge in [-0.25, -0.2) is 0 Å². The summed E-state index contributed by atoms with van der Waals surface area (Å²) in [4.78, 5) is 21.8. The van der Waals surface area contributed by atoms with Crippen LogP contribution in [0.2, 0.25) is 0 Å². The Morgan fingerprint density at radius 1 is 0.875 bits per heavy atom. The summed E-state index contributed by atoms with van der Waals surface area (Å²) in [6.45, 7) is 3.27. The van der Waals surface area contributed by atoms with E-state index in [2.05, 4.69) is 33.0 Å². The average Bonchev–Trinajstić information content (AvgIpc) is 3.29. The molecule has 1 saturated heterocycles. The van der Waals surface area contributed by atoms with Crippen LogP contribution in [0.1, 0.15) is 22.0 Å². The van der Waals surface area contributed by atoms with E-state index < -0.39 is 0 Å². The van der Waals surface area contributed by atoms with Crippen molar-refractivity contribution in [3.63, 3.8) is 0 Å². The summed E-state index contributed by atoms with van der Waals surface area (Å²) in [6.07, 6.45) is 1.86. The van der Waals surface area contributed by atoms with E-state index >= 15 is 0 Å². The van der Waals surface area contributed by atoms with Crippen molar-refractivity contribution in [2.75, 3.05) is 38.2 Å². The van der Waals surface area contributed by atoms with Gasteiger partial charge in [-0.1, -0.05) is 60.7 Å². The largest absolute Gasteiger partial charge is 0.495 e. The van der Waals surface area contributed by atoms with Crippen molar-refractivity contribution in [1.29, 1.82) is 0 Å². The van der Waals surface area contributed by atoms with Gasteiger partial charge in [0.1, 0.15) is 5.75 Å². The van der Waals surface area contributed by atoms with Gasteiger partial charge in [0.05, 0.1) is 18.8 Å². The van der Waals surface area contributed by atoms with E-state index in [1.54, 1.807) is 7.11 Å². The van der Waals surface area contributed by atoms with E-state index in [1.807, 2.05) is 66.9 Å². The highest BCUT2D eigenvalue weighted by Gasteiger charge is 2.32. The smallest absolute Gasteiger partial charge is 0.186 e. The van der Waals surface area contributed by atoms with Crippen LogP contribution in [0.25, 0.3) is 10.9 Å². The molecule has 1 aromatic heterocycles. The number of anilines is 1. The van der Waals surface area contributed by atoms with Crippen LogP contribution in [0.4, 0.5) is 5.69 Å². The van der Waals surface area contributed by atoms with Crippen molar-refractivity contribution in [3.8, 4) is 5.75 Å². The first-order valence-electron chi connectivity index (χ1n) is 11.0. The Kier molecular flexibility index (Phi) is 5.65. The second-order valence-corrected chi connectivity index (χ2v) is 8.12. The number of ketones is 1. The zero-order chi connectivity index (χ0) is 21.9. The lowest BCUT2D eigenvalue weighted by Crippen LogP contribution is -2.49. The second-order valence-electron chi connectivity index (χ2n) is 8.12. The normalized spacial score (nSPS) is 15.6. The molecular formula is C27H27N3O2. The average molecular weight is 426 g/mol. The molecule has 0 aliphatic carbocycles. The number of carbonyl (C=O) groups excluding carboxylic acids is 1. The minimum atomic E-state index is -0.310. The minimum Gasteiger partial charge on any atom is -0.495 e. The number of hydrogen-bond acceptors (Lipinski definition) is 4. The van der Waals surface area contributed by atoms with E-state index in [1.165, 1.54) is 0 Å². The molecule has 5 heteroatoms. The maximum atomic E-state index is 13.9. The van der Waals surface area contributed by atoms with Gasteiger partial charge in [-0.3, -0.25) is 9.69 Å². The van der Waals surface area contributed by atoms with Crippen molar-refractivity contribution in [2.24, 2.45) is 0 Å². The molecular weight excluding hydrogens is 398 g/mol.